The summed E-state index contributed by atoms with van der Waals surface area (Å²) in [7, 11) is 0. The molecule has 1 fully saturated rings. The third-order valence-electron chi connectivity index (χ3n) is 3.31. The van der Waals surface area contributed by atoms with Gasteiger partial charge in [-0.2, -0.15) is 5.26 Å². The van der Waals surface area contributed by atoms with Crippen LogP contribution in [-0.2, 0) is 11.3 Å². The Balaban J connectivity index is 2.27. The van der Waals surface area contributed by atoms with Crippen molar-refractivity contribution in [2.75, 3.05) is 6.61 Å². The van der Waals surface area contributed by atoms with Crippen molar-refractivity contribution < 1.29 is 4.74 Å². The van der Waals surface area contributed by atoms with Gasteiger partial charge in [-0.25, -0.2) is 4.79 Å². The Kier molecular flexibility index (Phi) is 3.63. The number of nitrogens with zero attached hydrogens (tertiary/aromatic N) is 2. The highest BCUT2D eigenvalue weighted by Crippen LogP contribution is 2.24. The summed E-state index contributed by atoms with van der Waals surface area (Å²) >= 11 is 0. The van der Waals surface area contributed by atoms with E-state index in [1.54, 1.807) is 6.07 Å². The predicted molar refractivity (Wildman–Crippen MR) is 64.2 cm³/mol. The summed E-state index contributed by atoms with van der Waals surface area (Å²) in [6, 6.07) is 1.78. The van der Waals surface area contributed by atoms with Gasteiger partial charge in [0.25, 0.3) is 5.56 Å². The zero-order valence-electron chi connectivity index (χ0n) is 10.2. The molecule has 1 aromatic heterocycles. The topological polar surface area (TPSA) is 87.9 Å². The summed E-state index contributed by atoms with van der Waals surface area (Å²) in [6.07, 6.45) is 3.26. The van der Waals surface area contributed by atoms with Crippen LogP contribution >= 0.6 is 0 Å². The molecule has 2 rings (SSSR count). The fourth-order valence-electron chi connectivity index (χ4n) is 2.33. The van der Waals surface area contributed by atoms with Crippen molar-refractivity contribution in [3.05, 3.63) is 32.6 Å². The van der Waals surface area contributed by atoms with Crippen LogP contribution in [-0.4, -0.2) is 22.3 Å². The Morgan fingerprint density at radius 1 is 1.61 bits per heavy atom. The molecule has 2 atom stereocenters. The van der Waals surface area contributed by atoms with Gasteiger partial charge < -0.3 is 4.74 Å². The first-order valence-electron chi connectivity index (χ1n) is 6.01. The second-order valence-corrected chi connectivity index (χ2v) is 4.43. The van der Waals surface area contributed by atoms with E-state index in [1.807, 2.05) is 6.92 Å². The van der Waals surface area contributed by atoms with E-state index in [4.69, 9.17) is 10.00 Å². The van der Waals surface area contributed by atoms with Gasteiger partial charge in [0.15, 0.2) is 0 Å². The smallest absolute Gasteiger partial charge is 0.328 e. The van der Waals surface area contributed by atoms with Crippen LogP contribution in [0.1, 0.15) is 25.3 Å². The third kappa shape index (κ3) is 2.36. The van der Waals surface area contributed by atoms with Crippen LogP contribution in [0.15, 0.2) is 15.8 Å². The highest BCUT2D eigenvalue weighted by Gasteiger charge is 2.27. The maximum absolute atomic E-state index is 11.6. The maximum Gasteiger partial charge on any atom is 0.328 e. The van der Waals surface area contributed by atoms with Crippen LogP contribution in [0.4, 0.5) is 0 Å². The SMILES string of the molecule is CCC1OCCC1Cn1cc(C#N)c(=O)[nH]c1=O. The zero-order chi connectivity index (χ0) is 13.1. The lowest BCUT2D eigenvalue weighted by atomic mass is 9.99. The van der Waals surface area contributed by atoms with Gasteiger partial charge in [-0.1, -0.05) is 6.92 Å². The van der Waals surface area contributed by atoms with Gasteiger partial charge >= 0.3 is 5.69 Å². The first-order valence-corrected chi connectivity index (χ1v) is 6.01. The van der Waals surface area contributed by atoms with Crippen molar-refractivity contribution in [3.8, 4) is 6.07 Å². The van der Waals surface area contributed by atoms with Gasteiger partial charge in [0.05, 0.1) is 6.10 Å². The Hall–Kier alpha value is -1.87. The molecule has 0 saturated carbocycles. The fourth-order valence-corrected chi connectivity index (χ4v) is 2.33. The van der Waals surface area contributed by atoms with E-state index >= 15 is 0 Å². The number of hydrogen-bond acceptors (Lipinski definition) is 4. The number of rotatable bonds is 3. The lowest BCUT2D eigenvalue weighted by molar-refractivity contribution is 0.0831. The highest BCUT2D eigenvalue weighted by atomic mass is 16.5. The number of hydrogen-bond donors (Lipinski definition) is 1. The van der Waals surface area contributed by atoms with Gasteiger partial charge in [0.2, 0.25) is 0 Å². The molecule has 6 nitrogen and oxygen atoms in total. The fraction of sp³-hybridized carbons (Fsp3) is 0.583. The Morgan fingerprint density at radius 2 is 2.39 bits per heavy atom. The van der Waals surface area contributed by atoms with Crippen LogP contribution in [0.5, 0.6) is 0 Å². The summed E-state index contributed by atoms with van der Waals surface area (Å²) < 4.78 is 6.95. The summed E-state index contributed by atoms with van der Waals surface area (Å²) in [4.78, 5) is 25.1. The number of H-pyrrole nitrogens is 1. The lowest BCUT2D eigenvalue weighted by Gasteiger charge is -2.17. The molecular weight excluding hydrogens is 234 g/mol. The standard InChI is InChI=1S/C12H15N3O3/c1-2-10-8(3-4-18-10)6-15-7-9(5-13)11(16)14-12(15)17/h7-8,10H,2-4,6H2,1H3,(H,14,16,17). The molecule has 0 spiro atoms. The maximum atomic E-state index is 11.6. The van der Waals surface area contributed by atoms with Gasteiger partial charge in [0, 0.05) is 25.3 Å². The van der Waals surface area contributed by atoms with Crippen LogP contribution in [0, 0.1) is 17.2 Å². The highest BCUT2D eigenvalue weighted by molar-refractivity contribution is 5.21. The van der Waals surface area contributed by atoms with Crippen molar-refractivity contribution >= 4 is 0 Å². The minimum Gasteiger partial charge on any atom is -0.378 e. The summed E-state index contributed by atoms with van der Waals surface area (Å²) in [6.45, 7) is 3.22. The molecule has 0 amide bonds. The molecule has 1 N–H and O–H groups in total. The summed E-state index contributed by atoms with van der Waals surface area (Å²) in [5.41, 5.74) is -1.14. The van der Waals surface area contributed by atoms with Crippen LogP contribution in [0.2, 0.25) is 0 Å². The monoisotopic (exact) mass is 249 g/mol. The molecule has 1 aromatic rings. The molecular formula is C12H15N3O3. The molecule has 0 bridgehead atoms. The first-order chi connectivity index (χ1) is 8.65. The van der Waals surface area contributed by atoms with Crippen LogP contribution in [0.25, 0.3) is 0 Å². The molecule has 6 heteroatoms. The summed E-state index contributed by atoms with van der Waals surface area (Å²) in [5, 5.41) is 8.78. The Morgan fingerprint density at radius 3 is 3.06 bits per heavy atom. The predicted octanol–water partition coefficient (Wildman–Crippen LogP) is 0.223. The largest absolute Gasteiger partial charge is 0.378 e. The molecule has 18 heavy (non-hydrogen) atoms. The van der Waals surface area contributed by atoms with Crippen molar-refractivity contribution in [1.29, 1.82) is 5.26 Å². The molecule has 2 unspecified atom stereocenters. The van der Waals surface area contributed by atoms with E-state index in [-0.39, 0.29) is 17.6 Å². The molecule has 96 valence electrons. The molecule has 0 aromatic carbocycles. The van der Waals surface area contributed by atoms with Gasteiger partial charge in [-0.15, -0.1) is 0 Å². The minimum absolute atomic E-state index is 0.0402. The number of nitriles is 1. The average molecular weight is 249 g/mol. The molecule has 1 aliphatic heterocycles. The second-order valence-electron chi connectivity index (χ2n) is 4.43. The normalized spacial score (nSPS) is 22.9. The second kappa shape index (κ2) is 5.19. The lowest BCUT2D eigenvalue weighted by Crippen LogP contribution is -2.34. The van der Waals surface area contributed by atoms with Crippen LogP contribution in [0.3, 0.4) is 0 Å². The van der Waals surface area contributed by atoms with Crippen LogP contribution < -0.4 is 11.2 Å². The quantitative estimate of drug-likeness (QED) is 0.830. The molecule has 2 heterocycles. The van der Waals surface area contributed by atoms with E-state index in [1.165, 1.54) is 10.8 Å². The van der Waals surface area contributed by atoms with Gasteiger partial charge in [-0.3, -0.25) is 14.3 Å². The minimum atomic E-state index is -0.631. The van der Waals surface area contributed by atoms with E-state index in [0.717, 1.165) is 12.8 Å². The summed E-state index contributed by atoms with van der Waals surface area (Å²) in [5.74, 6) is 0.255. The van der Waals surface area contributed by atoms with Crippen molar-refractivity contribution in [3.63, 3.8) is 0 Å². The van der Waals surface area contributed by atoms with Gasteiger partial charge in [0.1, 0.15) is 11.6 Å². The van der Waals surface area contributed by atoms with E-state index in [9.17, 15) is 9.59 Å². The zero-order valence-corrected chi connectivity index (χ0v) is 10.2. The average Bonchev–Trinajstić information content (AvgIpc) is 2.79. The number of ether oxygens (including phenoxy) is 1. The van der Waals surface area contributed by atoms with Gasteiger partial charge in [-0.05, 0) is 12.8 Å². The number of aromatic nitrogens is 2. The molecule has 1 aliphatic rings. The third-order valence-corrected chi connectivity index (χ3v) is 3.31. The number of nitrogens with one attached hydrogen (secondary N) is 1. The van der Waals surface area contributed by atoms with E-state index in [2.05, 4.69) is 4.98 Å². The van der Waals surface area contributed by atoms with Crippen molar-refractivity contribution in [1.82, 2.24) is 9.55 Å². The van der Waals surface area contributed by atoms with Crippen molar-refractivity contribution in [2.24, 2.45) is 5.92 Å². The number of aromatic amines is 1. The molecule has 1 saturated heterocycles. The first kappa shape index (κ1) is 12.6. The molecule has 0 aliphatic carbocycles. The van der Waals surface area contributed by atoms with Crippen molar-refractivity contribution in [2.45, 2.75) is 32.4 Å². The van der Waals surface area contributed by atoms with E-state index in [0.29, 0.717) is 13.2 Å². The molecule has 0 radical (unpaired) electrons. The Labute approximate surface area is 104 Å². The van der Waals surface area contributed by atoms with E-state index < -0.39 is 11.2 Å². The Bertz CT molecular complexity index is 581.